The van der Waals surface area contributed by atoms with Crippen molar-refractivity contribution in [3.8, 4) is 0 Å². The first-order valence-corrected chi connectivity index (χ1v) is 8.41. The van der Waals surface area contributed by atoms with Crippen molar-refractivity contribution in [2.45, 2.75) is 50.5 Å². The van der Waals surface area contributed by atoms with E-state index in [-0.39, 0.29) is 22.2 Å². The summed E-state index contributed by atoms with van der Waals surface area (Å²) in [6.45, 7) is 3.84. The monoisotopic (exact) mass is 314 g/mol. The highest BCUT2D eigenvalue weighted by Gasteiger charge is 2.24. The molecule has 6 nitrogen and oxygen atoms in total. The first kappa shape index (κ1) is 17.5. The van der Waals surface area contributed by atoms with Gasteiger partial charge in [-0.15, -0.1) is 0 Å². The Morgan fingerprint density at radius 2 is 2.05 bits per heavy atom. The highest BCUT2D eigenvalue weighted by molar-refractivity contribution is 7.89. The van der Waals surface area contributed by atoms with Crippen molar-refractivity contribution >= 4 is 21.7 Å². The van der Waals surface area contributed by atoms with Gasteiger partial charge in [-0.25, -0.2) is 17.9 Å². The zero-order valence-corrected chi connectivity index (χ0v) is 13.1. The summed E-state index contributed by atoms with van der Waals surface area (Å²) < 4.78 is 27.1. The van der Waals surface area contributed by atoms with Gasteiger partial charge in [-0.3, -0.25) is 0 Å². The van der Waals surface area contributed by atoms with Crippen molar-refractivity contribution in [2.24, 2.45) is 0 Å². The molecule has 0 amide bonds. The van der Waals surface area contributed by atoms with E-state index in [1.165, 1.54) is 12.1 Å². The summed E-state index contributed by atoms with van der Waals surface area (Å²) in [5.74, 6) is -1.32. The SMILES string of the molecule is CCCCCC(C)NS(=O)(=O)c1ccc(N)cc1C(=O)O. The molecule has 0 aliphatic rings. The van der Waals surface area contributed by atoms with Crippen molar-refractivity contribution in [1.82, 2.24) is 4.72 Å². The summed E-state index contributed by atoms with van der Waals surface area (Å²) in [5.41, 5.74) is 5.41. The summed E-state index contributed by atoms with van der Waals surface area (Å²) in [6.07, 6.45) is 3.73. The van der Waals surface area contributed by atoms with E-state index in [0.717, 1.165) is 25.3 Å². The number of nitrogen functional groups attached to an aromatic ring is 1. The number of carbonyl (C=O) groups is 1. The fraction of sp³-hybridized carbons (Fsp3) is 0.500. The van der Waals surface area contributed by atoms with Gasteiger partial charge in [0, 0.05) is 11.7 Å². The van der Waals surface area contributed by atoms with Crippen LogP contribution in [0.1, 0.15) is 49.9 Å². The van der Waals surface area contributed by atoms with Crippen molar-refractivity contribution in [3.05, 3.63) is 23.8 Å². The Labute approximate surface area is 125 Å². The number of nitrogens with one attached hydrogen (secondary N) is 1. The average molecular weight is 314 g/mol. The fourth-order valence-corrected chi connectivity index (χ4v) is 3.49. The minimum Gasteiger partial charge on any atom is -0.478 e. The minimum atomic E-state index is -3.88. The lowest BCUT2D eigenvalue weighted by Gasteiger charge is -2.15. The highest BCUT2D eigenvalue weighted by Crippen LogP contribution is 2.19. The fourth-order valence-electron chi connectivity index (χ4n) is 2.04. The van der Waals surface area contributed by atoms with Crippen LogP contribution in [-0.4, -0.2) is 25.5 Å². The highest BCUT2D eigenvalue weighted by atomic mass is 32.2. The third kappa shape index (κ3) is 5.02. The van der Waals surface area contributed by atoms with Gasteiger partial charge in [0.1, 0.15) is 0 Å². The number of aromatic carboxylic acids is 1. The molecule has 1 aromatic rings. The topological polar surface area (TPSA) is 109 Å². The van der Waals surface area contributed by atoms with E-state index in [0.29, 0.717) is 6.42 Å². The molecule has 1 rings (SSSR count). The second-order valence-electron chi connectivity index (χ2n) is 5.08. The number of carboxylic acid groups (broad SMARTS) is 1. The van der Waals surface area contributed by atoms with Gasteiger partial charge in [0.25, 0.3) is 0 Å². The van der Waals surface area contributed by atoms with Crippen molar-refractivity contribution in [2.75, 3.05) is 5.73 Å². The zero-order chi connectivity index (χ0) is 16.0. The summed E-state index contributed by atoms with van der Waals surface area (Å²) in [6, 6.07) is 3.50. The molecule has 1 unspecified atom stereocenters. The molecule has 0 fully saturated rings. The molecule has 0 aliphatic carbocycles. The number of benzene rings is 1. The number of hydrogen-bond donors (Lipinski definition) is 3. The molecule has 0 heterocycles. The van der Waals surface area contributed by atoms with Gasteiger partial charge >= 0.3 is 5.97 Å². The van der Waals surface area contributed by atoms with Gasteiger partial charge in [0.15, 0.2) is 0 Å². The standard InChI is InChI=1S/C14H22N2O4S/c1-3-4-5-6-10(2)16-21(19,20)13-8-7-11(15)9-12(13)14(17)18/h7-10,16H,3-6,15H2,1-2H3,(H,17,18). The molecule has 0 spiro atoms. The van der Waals surface area contributed by atoms with Gasteiger partial charge in [-0.2, -0.15) is 0 Å². The maximum absolute atomic E-state index is 12.3. The molecule has 0 bridgehead atoms. The summed E-state index contributed by atoms with van der Waals surface area (Å²) in [5, 5.41) is 9.11. The third-order valence-corrected chi connectivity index (χ3v) is 4.77. The lowest BCUT2D eigenvalue weighted by atomic mass is 10.1. The maximum Gasteiger partial charge on any atom is 0.337 e. The molecule has 4 N–H and O–H groups in total. The predicted molar refractivity (Wildman–Crippen MR) is 81.7 cm³/mol. The first-order valence-electron chi connectivity index (χ1n) is 6.93. The van der Waals surface area contributed by atoms with E-state index in [1.807, 2.05) is 0 Å². The van der Waals surface area contributed by atoms with Crippen LogP contribution in [0.5, 0.6) is 0 Å². The summed E-state index contributed by atoms with van der Waals surface area (Å²) in [7, 11) is -3.88. The van der Waals surface area contributed by atoms with Crippen LogP contribution in [0.15, 0.2) is 23.1 Å². The summed E-state index contributed by atoms with van der Waals surface area (Å²) >= 11 is 0. The van der Waals surface area contributed by atoms with Gasteiger partial charge in [0.05, 0.1) is 10.5 Å². The van der Waals surface area contributed by atoms with Crippen molar-refractivity contribution < 1.29 is 18.3 Å². The Morgan fingerprint density at radius 3 is 2.62 bits per heavy atom. The Kier molecular flexibility index (Phi) is 6.17. The second kappa shape index (κ2) is 7.42. The Hall–Kier alpha value is -1.60. The normalized spacial score (nSPS) is 13.0. The van der Waals surface area contributed by atoms with E-state index in [1.54, 1.807) is 6.92 Å². The first-order chi connectivity index (χ1) is 9.77. The Bertz CT molecular complexity index is 599. The van der Waals surface area contributed by atoms with Crippen LogP contribution < -0.4 is 10.5 Å². The molecule has 0 aromatic heterocycles. The molecular weight excluding hydrogens is 292 g/mol. The molecule has 0 radical (unpaired) electrons. The molecular formula is C14H22N2O4S. The van der Waals surface area contributed by atoms with Gasteiger partial charge in [-0.05, 0) is 31.5 Å². The Morgan fingerprint density at radius 1 is 1.38 bits per heavy atom. The quantitative estimate of drug-likeness (QED) is 0.503. The smallest absolute Gasteiger partial charge is 0.337 e. The number of sulfonamides is 1. The number of rotatable bonds is 8. The van der Waals surface area contributed by atoms with E-state index in [4.69, 9.17) is 10.8 Å². The number of nitrogens with two attached hydrogens (primary N) is 1. The zero-order valence-electron chi connectivity index (χ0n) is 12.3. The average Bonchev–Trinajstić information content (AvgIpc) is 2.37. The lowest BCUT2D eigenvalue weighted by molar-refractivity contribution is 0.0692. The van der Waals surface area contributed by atoms with Crippen LogP contribution in [0.25, 0.3) is 0 Å². The van der Waals surface area contributed by atoms with Crippen LogP contribution in [0, 0.1) is 0 Å². The molecule has 1 atom stereocenters. The molecule has 118 valence electrons. The third-order valence-electron chi connectivity index (χ3n) is 3.12. The van der Waals surface area contributed by atoms with Crippen LogP contribution in [0.2, 0.25) is 0 Å². The lowest BCUT2D eigenvalue weighted by Crippen LogP contribution is -2.33. The number of unbranched alkanes of at least 4 members (excludes halogenated alkanes) is 2. The predicted octanol–water partition coefficient (Wildman–Crippen LogP) is 2.21. The van der Waals surface area contributed by atoms with E-state index in [2.05, 4.69) is 11.6 Å². The molecule has 0 saturated heterocycles. The van der Waals surface area contributed by atoms with E-state index in [9.17, 15) is 13.2 Å². The van der Waals surface area contributed by atoms with Crippen LogP contribution in [-0.2, 0) is 10.0 Å². The molecule has 7 heteroatoms. The number of anilines is 1. The molecule has 21 heavy (non-hydrogen) atoms. The second-order valence-corrected chi connectivity index (χ2v) is 6.76. The van der Waals surface area contributed by atoms with Crippen molar-refractivity contribution in [1.29, 1.82) is 0 Å². The minimum absolute atomic E-state index is 0.211. The maximum atomic E-state index is 12.3. The molecule has 0 aliphatic heterocycles. The Balaban J connectivity index is 2.95. The van der Waals surface area contributed by atoms with Crippen LogP contribution in [0.4, 0.5) is 5.69 Å². The van der Waals surface area contributed by atoms with E-state index >= 15 is 0 Å². The largest absolute Gasteiger partial charge is 0.478 e. The van der Waals surface area contributed by atoms with E-state index < -0.39 is 16.0 Å². The molecule has 0 saturated carbocycles. The van der Waals surface area contributed by atoms with Gasteiger partial charge in [-0.1, -0.05) is 26.2 Å². The van der Waals surface area contributed by atoms with Crippen LogP contribution in [0.3, 0.4) is 0 Å². The van der Waals surface area contributed by atoms with Gasteiger partial charge in [0.2, 0.25) is 10.0 Å². The summed E-state index contributed by atoms with van der Waals surface area (Å²) in [4.78, 5) is 10.9. The number of carboxylic acids is 1. The van der Waals surface area contributed by atoms with Crippen molar-refractivity contribution in [3.63, 3.8) is 0 Å². The van der Waals surface area contributed by atoms with Gasteiger partial charge < -0.3 is 10.8 Å². The molecule has 1 aromatic carbocycles. The number of hydrogen-bond acceptors (Lipinski definition) is 4. The van der Waals surface area contributed by atoms with Crippen LogP contribution >= 0.6 is 0 Å².